The van der Waals surface area contributed by atoms with E-state index in [9.17, 15) is 9.18 Å². The van der Waals surface area contributed by atoms with Crippen LogP contribution in [0.2, 0.25) is 0 Å². The van der Waals surface area contributed by atoms with E-state index in [0.717, 1.165) is 11.6 Å². The van der Waals surface area contributed by atoms with Gasteiger partial charge in [-0.3, -0.25) is 0 Å². The number of nitrogens with one attached hydrogen (secondary N) is 1. The molecule has 0 unspecified atom stereocenters. The minimum Gasteiger partial charge on any atom is -0.477 e. The first kappa shape index (κ1) is 10.5. The Morgan fingerprint density at radius 1 is 1.39 bits per heavy atom. The minimum atomic E-state index is -1.13. The fourth-order valence-corrected chi connectivity index (χ4v) is 1.81. The van der Waals surface area contributed by atoms with Crippen molar-refractivity contribution < 1.29 is 18.8 Å². The van der Waals surface area contributed by atoms with E-state index < -0.39 is 5.97 Å². The van der Waals surface area contributed by atoms with E-state index in [2.05, 4.69) is 10.1 Å². The summed E-state index contributed by atoms with van der Waals surface area (Å²) in [7, 11) is 0. The van der Waals surface area contributed by atoms with Crippen LogP contribution in [0.1, 0.15) is 10.4 Å². The smallest absolute Gasteiger partial charge is 0.341 e. The molecule has 5 nitrogen and oxygen atoms in total. The van der Waals surface area contributed by atoms with Gasteiger partial charge in [0.15, 0.2) is 5.76 Å². The van der Waals surface area contributed by atoms with E-state index in [-0.39, 0.29) is 17.1 Å². The molecular weight excluding hydrogens is 239 g/mol. The lowest BCUT2D eigenvalue weighted by Crippen LogP contribution is -1.95. The summed E-state index contributed by atoms with van der Waals surface area (Å²) in [6, 6.07) is 5.94. The van der Waals surface area contributed by atoms with Gasteiger partial charge in [-0.25, -0.2) is 9.18 Å². The van der Waals surface area contributed by atoms with Crippen LogP contribution in [-0.2, 0) is 0 Å². The molecule has 2 heterocycles. The highest BCUT2D eigenvalue weighted by Gasteiger charge is 2.18. The molecule has 0 fully saturated rings. The summed E-state index contributed by atoms with van der Waals surface area (Å²) >= 11 is 0. The second-order valence-corrected chi connectivity index (χ2v) is 3.79. The Hall–Kier alpha value is -2.63. The van der Waals surface area contributed by atoms with Crippen molar-refractivity contribution in [2.24, 2.45) is 0 Å². The van der Waals surface area contributed by atoms with Crippen LogP contribution in [0, 0.1) is 5.82 Å². The quantitative estimate of drug-likeness (QED) is 0.728. The lowest BCUT2D eigenvalue weighted by molar-refractivity contribution is 0.0697. The van der Waals surface area contributed by atoms with Crippen molar-refractivity contribution in [3.63, 3.8) is 0 Å². The molecule has 0 radical (unpaired) electrons. The zero-order valence-electron chi connectivity index (χ0n) is 8.98. The average Bonchev–Trinajstić information content (AvgIpc) is 2.93. The zero-order chi connectivity index (χ0) is 12.7. The van der Waals surface area contributed by atoms with E-state index in [0.29, 0.717) is 11.2 Å². The van der Waals surface area contributed by atoms with Gasteiger partial charge < -0.3 is 14.6 Å². The first-order valence-corrected chi connectivity index (χ1v) is 5.12. The summed E-state index contributed by atoms with van der Waals surface area (Å²) in [5.41, 5.74) is 0.977. The molecular formula is C12H7FN2O3. The second kappa shape index (κ2) is 3.69. The molecule has 0 aliphatic carbocycles. The fourth-order valence-electron chi connectivity index (χ4n) is 1.81. The van der Waals surface area contributed by atoms with Crippen molar-refractivity contribution in [3.05, 3.63) is 41.8 Å². The van der Waals surface area contributed by atoms with Crippen molar-refractivity contribution in [3.8, 4) is 11.5 Å². The maximum absolute atomic E-state index is 13.0. The number of carboxylic acids is 1. The summed E-state index contributed by atoms with van der Waals surface area (Å²) < 4.78 is 18.0. The van der Waals surface area contributed by atoms with Crippen molar-refractivity contribution in [1.29, 1.82) is 0 Å². The topological polar surface area (TPSA) is 79.1 Å². The van der Waals surface area contributed by atoms with E-state index in [1.807, 2.05) is 0 Å². The molecule has 0 aliphatic heterocycles. The third-order valence-corrected chi connectivity index (χ3v) is 2.63. The second-order valence-electron chi connectivity index (χ2n) is 3.79. The third-order valence-electron chi connectivity index (χ3n) is 2.63. The number of hydrogen-bond donors (Lipinski definition) is 2. The molecule has 0 amide bonds. The zero-order valence-corrected chi connectivity index (χ0v) is 8.98. The van der Waals surface area contributed by atoms with Gasteiger partial charge in [0.2, 0.25) is 0 Å². The standard InChI is InChI=1S/C12H7FN2O3/c13-7-2-1-6-3-10(15-9(6)4-7)11-8(12(16)17)5-14-18-11/h1-5,15H,(H,16,17). The average molecular weight is 246 g/mol. The van der Waals surface area contributed by atoms with Crippen LogP contribution < -0.4 is 0 Å². The summed E-state index contributed by atoms with van der Waals surface area (Å²) in [5.74, 6) is -1.37. The molecule has 90 valence electrons. The number of fused-ring (bicyclic) bond motifs is 1. The molecule has 6 heteroatoms. The Balaban J connectivity index is 2.19. The van der Waals surface area contributed by atoms with Crippen molar-refractivity contribution in [1.82, 2.24) is 10.1 Å². The van der Waals surface area contributed by atoms with Crippen molar-refractivity contribution in [2.45, 2.75) is 0 Å². The van der Waals surface area contributed by atoms with Gasteiger partial charge in [-0.1, -0.05) is 5.16 Å². The molecule has 18 heavy (non-hydrogen) atoms. The van der Waals surface area contributed by atoms with Crippen LogP contribution in [0.5, 0.6) is 0 Å². The fraction of sp³-hybridized carbons (Fsp3) is 0. The molecule has 2 N–H and O–H groups in total. The summed E-state index contributed by atoms with van der Waals surface area (Å²) in [6.45, 7) is 0. The van der Waals surface area contributed by atoms with Gasteiger partial charge in [0.05, 0.1) is 11.9 Å². The molecule has 1 aromatic carbocycles. The molecule has 0 aliphatic rings. The highest BCUT2D eigenvalue weighted by molar-refractivity contribution is 5.95. The SMILES string of the molecule is O=C(O)c1cnoc1-c1cc2ccc(F)cc2[nH]1. The van der Waals surface area contributed by atoms with Crippen molar-refractivity contribution >= 4 is 16.9 Å². The highest BCUT2D eigenvalue weighted by atomic mass is 19.1. The summed E-state index contributed by atoms with van der Waals surface area (Å²) in [4.78, 5) is 13.8. The molecule has 0 atom stereocenters. The van der Waals surface area contributed by atoms with E-state index >= 15 is 0 Å². The first-order valence-electron chi connectivity index (χ1n) is 5.12. The normalized spacial score (nSPS) is 10.9. The molecule has 3 rings (SSSR count). The third kappa shape index (κ3) is 1.55. The van der Waals surface area contributed by atoms with Gasteiger partial charge in [-0.2, -0.15) is 0 Å². The molecule has 2 aromatic heterocycles. The number of halogens is 1. The number of rotatable bonds is 2. The maximum Gasteiger partial charge on any atom is 0.341 e. The van der Waals surface area contributed by atoms with Crippen LogP contribution >= 0.6 is 0 Å². The number of aromatic amines is 1. The number of carbonyl (C=O) groups is 1. The summed E-state index contributed by atoms with van der Waals surface area (Å²) in [5, 5.41) is 13.2. The number of aromatic nitrogens is 2. The Bertz CT molecular complexity index is 745. The van der Waals surface area contributed by atoms with Gasteiger partial charge in [0, 0.05) is 10.9 Å². The minimum absolute atomic E-state index is 0.0398. The van der Waals surface area contributed by atoms with Crippen LogP contribution in [0.4, 0.5) is 4.39 Å². The Kier molecular flexibility index (Phi) is 2.16. The molecule has 0 bridgehead atoms. The molecule has 3 aromatic rings. The molecule has 0 saturated carbocycles. The van der Waals surface area contributed by atoms with Gasteiger partial charge >= 0.3 is 5.97 Å². The Morgan fingerprint density at radius 2 is 2.22 bits per heavy atom. The number of carboxylic acid groups (broad SMARTS) is 1. The van der Waals surface area contributed by atoms with E-state index in [1.165, 1.54) is 12.1 Å². The van der Waals surface area contributed by atoms with Gasteiger partial charge in [0.25, 0.3) is 0 Å². The Labute approximate surface area is 99.8 Å². The number of aromatic carboxylic acids is 1. The van der Waals surface area contributed by atoms with Crippen LogP contribution in [0.25, 0.3) is 22.4 Å². The number of hydrogen-bond acceptors (Lipinski definition) is 3. The van der Waals surface area contributed by atoms with E-state index in [4.69, 9.17) is 9.63 Å². The van der Waals surface area contributed by atoms with Crippen LogP contribution in [0.3, 0.4) is 0 Å². The highest BCUT2D eigenvalue weighted by Crippen LogP contribution is 2.27. The predicted molar refractivity (Wildman–Crippen MR) is 60.7 cm³/mol. The molecule has 0 spiro atoms. The monoisotopic (exact) mass is 246 g/mol. The van der Waals surface area contributed by atoms with Gasteiger partial charge in [-0.05, 0) is 24.3 Å². The largest absolute Gasteiger partial charge is 0.477 e. The Morgan fingerprint density at radius 3 is 3.00 bits per heavy atom. The number of H-pyrrole nitrogens is 1. The van der Waals surface area contributed by atoms with Crippen LogP contribution in [-0.4, -0.2) is 21.2 Å². The lowest BCUT2D eigenvalue weighted by atomic mass is 10.2. The van der Waals surface area contributed by atoms with Gasteiger partial charge in [-0.15, -0.1) is 0 Å². The van der Waals surface area contributed by atoms with Crippen LogP contribution in [0.15, 0.2) is 35.0 Å². The van der Waals surface area contributed by atoms with Crippen molar-refractivity contribution in [2.75, 3.05) is 0 Å². The lowest BCUT2D eigenvalue weighted by Gasteiger charge is -1.92. The predicted octanol–water partition coefficient (Wildman–Crippen LogP) is 2.66. The van der Waals surface area contributed by atoms with E-state index in [1.54, 1.807) is 12.1 Å². The number of nitrogens with zero attached hydrogens (tertiary/aromatic N) is 1. The van der Waals surface area contributed by atoms with Gasteiger partial charge in [0.1, 0.15) is 11.4 Å². The first-order chi connectivity index (χ1) is 8.65. The molecule has 0 saturated heterocycles. The summed E-state index contributed by atoms with van der Waals surface area (Å²) in [6.07, 6.45) is 1.13. The number of benzene rings is 1. The maximum atomic E-state index is 13.0.